The highest BCUT2D eigenvalue weighted by Crippen LogP contribution is 2.20. The Morgan fingerprint density at radius 1 is 1.33 bits per heavy atom. The molecule has 2 rings (SSSR count). The van der Waals surface area contributed by atoms with Crippen molar-refractivity contribution >= 4 is 15.9 Å². The maximum Gasteiger partial charge on any atom is 0.223 e. The zero-order valence-corrected chi connectivity index (χ0v) is 15.1. The first-order valence-electron chi connectivity index (χ1n) is 8.34. The molecule has 1 heterocycles. The second kappa shape index (κ2) is 8.48. The third-order valence-electron chi connectivity index (χ3n) is 4.43. The molecule has 0 radical (unpaired) electrons. The van der Waals surface area contributed by atoms with Crippen molar-refractivity contribution in [3.05, 3.63) is 29.8 Å². The number of hydrogen-bond acceptors (Lipinski definition) is 4. The zero-order chi connectivity index (χ0) is 17.6. The Kier molecular flexibility index (Phi) is 6.62. The lowest BCUT2D eigenvalue weighted by atomic mass is 9.97. The van der Waals surface area contributed by atoms with E-state index in [1.54, 1.807) is 14.0 Å². The van der Waals surface area contributed by atoms with Crippen molar-refractivity contribution in [3.63, 3.8) is 0 Å². The van der Waals surface area contributed by atoms with E-state index in [4.69, 9.17) is 4.74 Å². The van der Waals surface area contributed by atoms with Gasteiger partial charge in [-0.15, -0.1) is 0 Å². The highest BCUT2D eigenvalue weighted by molar-refractivity contribution is 7.89. The minimum Gasteiger partial charge on any atom is -0.497 e. The van der Waals surface area contributed by atoms with Crippen LogP contribution in [0.4, 0.5) is 0 Å². The van der Waals surface area contributed by atoms with Gasteiger partial charge in [0.25, 0.3) is 0 Å². The third-order valence-corrected chi connectivity index (χ3v) is 6.31. The minimum absolute atomic E-state index is 0.0199. The van der Waals surface area contributed by atoms with Gasteiger partial charge >= 0.3 is 0 Å². The Bertz CT molecular complexity index is 652. The summed E-state index contributed by atoms with van der Waals surface area (Å²) in [6.45, 7) is 3.08. The van der Waals surface area contributed by atoms with Gasteiger partial charge in [0.1, 0.15) is 5.75 Å². The maximum atomic E-state index is 12.2. The van der Waals surface area contributed by atoms with Crippen LogP contribution in [0, 0.1) is 5.92 Å². The molecule has 1 aliphatic heterocycles. The number of sulfonamides is 1. The standard InChI is InChI=1S/C17H26N2O4S/c1-3-24(21,22)19-11-8-15(9-12-19)17(20)18-10-7-14-5-4-6-16(13-14)23-2/h4-6,13,15H,3,7-12H2,1-2H3,(H,18,20). The van der Waals surface area contributed by atoms with Gasteiger partial charge in [0, 0.05) is 25.6 Å². The van der Waals surface area contributed by atoms with Crippen molar-refractivity contribution in [2.24, 2.45) is 5.92 Å². The molecule has 0 spiro atoms. The van der Waals surface area contributed by atoms with Crippen molar-refractivity contribution in [2.45, 2.75) is 26.2 Å². The number of amides is 1. The van der Waals surface area contributed by atoms with Crippen LogP contribution in [0.3, 0.4) is 0 Å². The van der Waals surface area contributed by atoms with Crippen LogP contribution >= 0.6 is 0 Å². The van der Waals surface area contributed by atoms with E-state index in [2.05, 4.69) is 5.32 Å². The Morgan fingerprint density at radius 3 is 2.67 bits per heavy atom. The average molecular weight is 354 g/mol. The van der Waals surface area contributed by atoms with Crippen LogP contribution in [0.5, 0.6) is 5.75 Å². The second-order valence-electron chi connectivity index (χ2n) is 5.97. The van der Waals surface area contributed by atoms with Crippen LogP contribution in [0.1, 0.15) is 25.3 Å². The smallest absolute Gasteiger partial charge is 0.223 e. The van der Waals surface area contributed by atoms with Crippen LogP contribution in [-0.4, -0.2) is 51.1 Å². The molecule has 0 bridgehead atoms. The van der Waals surface area contributed by atoms with E-state index >= 15 is 0 Å². The fraction of sp³-hybridized carbons (Fsp3) is 0.588. The van der Waals surface area contributed by atoms with Crippen molar-refractivity contribution in [1.82, 2.24) is 9.62 Å². The molecule has 1 aromatic carbocycles. The van der Waals surface area contributed by atoms with Crippen molar-refractivity contribution in [1.29, 1.82) is 0 Å². The Labute approximate surface area is 144 Å². The molecule has 0 atom stereocenters. The molecule has 1 N–H and O–H groups in total. The lowest BCUT2D eigenvalue weighted by molar-refractivity contribution is -0.126. The van der Waals surface area contributed by atoms with E-state index in [-0.39, 0.29) is 17.6 Å². The summed E-state index contributed by atoms with van der Waals surface area (Å²) in [4.78, 5) is 12.2. The van der Waals surface area contributed by atoms with Gasteiger partial charge in [0.2, 0.25) is 15.9 Å². The first-order valence-corrected chi connectivity index (χ1v) is 9.95. The molecule has 0 aliphatic carbocycles. The molecule has 0 unspecified atom stereocenters. The Morgan fingerprint density at radius 2 is 2.04 bits per heavy atom. The number of hydrogen-bond donors (Lipinski definition) is 1. The summed E-state index contributed by atoms with van der Waals surface area (Å²) in [7, 11) is -1.51. The fourth-order valence-electron chi connectivity index (χ4n) is 2.88. The van der Waals surface area contributed by atoms with Crippen LogP contribution in [0.2, 0.25) is 0 Å². The molecule has 6 nitrogen and oxygen atoms in total. The monoisotopic (exact) mass is 354 g/mol. The number of carbonyl (C=O) groups is 1. The number of rotatable bonds is 7. The number of piperidine rings is 1. The largest absolute Gasteiger partial charge is 0.497 e. The van der Waals surface area contributed by atoms with Gasteiger partial charge in [-0.2, -0.15) is 0 Å². The molecule has 1 aliphatic rings. The SMILES string of the molecule is CCS(=O)(=O)N1CCC(C(=O)NCCc2cccc(OC)c2)CC1. The summed E-state index contributed by atoms with van der Waals surface area (Å²) >= 11 is 0. The van der Waals surface area contributed by atoms with E-state index in [0.717, 1.165) is 17.7 Å². The van der Waals surface area contributed by atoms with Gasteiger partial charge in [0.05, 0.1) is 12.9 Å². The predicted molar refractivity (Wildman–Crippen MR) is 93.5 cm³/mol. The average Bonchev–Trinajstić information content (AvgIpc) is 2.62. The quantitative estimate of drug-likeness (QED) is 0.803. The highest BCUT2D eigenvalue weighted by Gasteiger charge is 2.29. The summed E-state index contributed by atoms with van der Waals surface area (Å²) in [5.74, 6) is 0.845. The van der Waals surface area contributed by atoms with E-state index in [1.807, 2.05) is 24.3 Å². The van der Waals surface area contributed by atoms with Crippen molar-refractivity contribution < 1.29 is 17.9 Å². The molecule has 1 saturated heterocycles. The number of carbonyl (C=O) groups excluding carboxylic acids is 1. The van der Waals surface area contributed by atoms with Gasteiger partial charge in [-0.25, -0.2) is 12.7 Å². The Balaban J connectivity index is 1.76. The van der Waals surface area contributed by atoms with E-state index in [9.17, 15) is 13.2 Å². The maximum absolute atomic E-state index is 12.2. The number of ether oxygens (including phenoxy) is 1. The van der Waals surface area contributed by atoms with Gasteiger partial charge in [-0.1, -0.05) is 12.1 Å². The second-order valence-corrected chi connectivity index (χ2v) is 8.22. The van der Waals surface area contributed by atoms with E-state index < -0.39 is 10.0 Å². The lowest BCUT2D eigenvalue weighted by Crippen LogP contribution is -2.43. The van der Waals surface area contributed by atoms with Gasteiger partial charge in [-0.3, -0.25) is 4.79 Å². The summed E-state index contributed by atoms with van der Waals surface area (Å²) in [5.41, 5.74) is 1.11. The van der Waals surface area contributed by atoms with Gasteiger partial charge in [0.15, 0.2) is 0 Å². The third kappa shape index (κ3) is 4.95. The molecule has 24 heavy (non-hydrogen) atoms. The first-order chi connectivity index (χ1) is 11.5. The molecule has 1 aromatic rings. The Hall–Kier alpha value is -1.60. The van der Waals surface area contributed by atoms with Crippen molar-refractivity contribution in [3.8, 4) is 5.75 Å². The van der Waals surface area contributed by atoms with E-state index in [0.29, 0.717) is 32.5 Å². The van der Waals surface area contributed by atoms with Crippen LogP contribution in [0.15, 0.2) is 24.3 Å². The highest BCUT2D eigenvalue weighted by atomic mass is 32.2. The number of methoxy groups -OCH3 is 1. The normalized spacial score (nSPS) is 16.8. The van der Waals surface area contributed by atoms with Crippen LogP contribution in [-0.2, 0) is 21.2 Å². The van der Waals surface area contributed by atoms with Crippen LogP contribution in [0.25, 0.3) is 0 Å². The van der Waals surface area contributed by atoms with Gasteiger partial charge < -0.3 is 10.1 Å². The molecule has 1 fully saturated rings. The molecule has 0 saturated carbocycles. The molecule has 1 amide bonds. The van der Waals surface area contributed by atoms with E-state index in [1.165, 1.54) is 4.31 Å². The molecule has 7 heteroatoms. The molecule has 134 valence electrons. The number of nitrogens with one attached hydrogen (secondary N) is 1. The lowest BCUT2D eigenvalue weighted by Gasteiger charge is -2.30. The molecule has 0 aromatic heterocycles. The molecular formula is C17H26N2O4S. The topological polar surface area (TPSA) is 75.7 Å². The summed E-state index contributed by atoms with van der Waals surface area (Å²) in [6, 6.07) is 7.78. The first kappa shape index (κ1) is 18.7. The summed E-state index contributed by atoms with van der Waals surface area (Å²) < 4.78 is 30.3. The minimum atomic E-state index is -3.14. The van der Waals surface area contributed by atoms with Crippen molar-refractivity contribution in [2.75, 3.05) is 32.5 Å². The summed E-state index contributed by atoms with van der Waals surface area (Å²) in [5, 5.41) is 2.96. The number of benzene rings is 1. The predicted octanol–water partition coefficient (Wildman–Crippen LogP) is 1.42. The van der Waals surface area contributed by atoms with Gasteiger partial charge in [-0.05, 0) is 43.9 Å². The van der Waals surface area contributed by atoms with Crippen LogP contribution < -0.4 is 10.1 Å². The number of nitrogens with zero attached hydrogens (tertiary/aromatic N) is 1. The molecular weight excluding hydrogens is 328 g/mol. The fourth-order valence-corrected chi connectivity index (χ4v) is 4.01. The zero-order valence-electron chi connectivity index (χ0n) is 14.3. The summed E-state index contributed by atoms with van der Waals surface area (Å²) in [6.07, 6.45) is 1.92.